The van der Waals surface area contributed by atoms with Crippen LogP contribution in [0.2, 0.25) is 5.02 Å². The van der Waals surface area contributed by atoms with Crippen molar-refractivity contribution in [1.82, 2.24) is 19.0 Å². The number of carbonyl (C=O) groups excluding carboxylic acids is 1. The Morgan fingerprint density at radius 1 is 1.20 bits per heavy atom. The van der Waals surface area contributed by atoms with Crippen molar-refractivity contribution in [3.05, 3.63) is 72.8 Å². The highest BCUT2D eigenvalue weighted by molar-refractivity contribution is 6.31. The van der Waals surface area contributed by atoms with Crippen molar-refractivity contribution in [2.24, 2.45) is 7.05 Å². The number of halogens is 2. The second kappa shape index (κ2) is 8.39. The quantitative estimate of drug-likeness (QED) is 0.621. The molecule has 2 aromatic heterocycles. The minimum atomic E-state index is -0.642. The number of pyridine rings is 1. The molecule has 0 fully saturated rings. The molecule has 0 atom stereocenters. The van der Waals surface area contributed by atoms with Crippen LogP contribution in [0.25, 0.3) is 11.0 Å². The Bertz CT molecular complexity index is 1260. The SMILES string of the molecule is CCN(CC)C(=O)c1cc(C)nc2c1c(=O)n(Cc1ccc(F)cc1Cl)c(=O)n2C. The first-order chi connectivity index (χ1) is 14.2. The first-order valence-electron chi connectivity index (χ1n) is 9.53. The van der Waals surface area contributed by atoms with Gasteiger partial charge in [0.25, 0.3) is 11.5 Å². The second-order valence-electron chi connectivity index (χ2n) is 6.96. The number of rotatable bonds is 5. The van der Waals surface area contributed by atoms with Crippen LogP contribution in [0.5, 0.6) is 0 Å². The van der Waals surface area contributed by atoms with Gasteiger partial charge in [0.15, 0.2) is 0 Å². The summed E-state index contributed by atoms with van der Waals surface area (Å²) in [6, 6.07) is 5.30. The number of benzene rings is 1. The van der Waals surface area contributed by atoms with Crippen molar-refractivity contribution in [3.63, 3.8) is 0 Å². The number of aryl methyl sites for hydroxylation is 2. The van der Waals surface area contributed by atoms with Crippen molar-refractivity contribution in [1.29, 1.82) is 0 Å². The smallest absolute Gasteiger partial charge is 0.332 e. The highest BCUT2D eigenvalue weighted by atomic mass is 35.5. The number of aromatic nitrogens is 3. The Kier molecular flexibility index (Phi) is 6.07. The predicted octanol–water partition coefficient (Wildman–Crippen LogP) is 2.73. The average Bonchev–Trinajstić information content (AvgIpc) is 2.71. The fourth-order valence-corrected chi connectivity index (χ4v) is 3.64. The summed E-state index contributed by atoms with van der Waals surface area (Å²) in [5, 5.41) is 0.170. The minimum Gasteiger partial charge on any atom is -0.339 e. The number of hydrogen-bond donors (Lipinski definition) is 0. The molecule has 0 aliphatic carbocycles. The van der Waals surface area contributed by atoms with Crippen LogP contribution in [0.4, 0.5) is 4.39 Å². The third kappa shape index (κ3) is 3.75. The standard InChI is InChI=1S/C21H22ClFN4O3/c1-5-26(6-2)19(28)15-9-12(3)24-18-17(15)20(29)27(21(30)25(18)4)11-13-7-8-14(23)10-16(13)22/h7-10H,5-6,11H2,1-4H3. The van der Waals surface area contributed by atoms with Gasteiger partial charge in [0.2, 0.25) is 0 Å². The largest absolute Gasteiger partial charge is 0.339 e. The molecule has 0 aliphatic heterocycles. The third-order valence-electron chi connectivity index (χ3n) is 5.05. The van der Waals surface area contributed by atoms with Crippen molar-refractivity contribution < 1.29 is 9.18 Å². The van der Waals surface area contributed by atoms with Gasteiger partial charge >= 0.3 is 5.69 Å². The van der Waals surface area contributed by atoms with E-state index in [0.29, 0.717) is 24.3 Å². The van der Waals surface area contributed by atoms with Crippen LogP contribution in [0.3, 0.4) is 0 Å². The highest BCUT2D eigenvalue weighted by Crippen LogP contribution is 2.19. The summed E-state index contributed by atoms with van der Waals surface area (Å²) in [5.41, 5.74) is 0.0199. The molecular weight excluding hydrogens is 411 g/mol. The summed E-state index contributed by atoms with van der Waals surface area (Å²) >= 11 is 6.09. The molecular formula is C21H22ClFN4O3. The van der Waals surface area contributed by atoms with Gasteiger partial charge in [-0.15, -0.1) is 0 Å². The van der Waals surface area contributed by atoms with E-state index in [-0.39, 0.29) is 34.1 Å². The molecule has 0 aliphatic rings. The molecule has 3 rings (SSSR count). The fraction of sp³-hybridized carbons (Fsp3) is 0.333. The lowest BCUT2D eigenvalue weighted by atomic mass is 10.1. The van der Waals surface area contributed by atoms with Crippen LogP contribution in [0.1, 0.15) is 35.5 Å². The number of carbonyl (C=O) groups is 1. The van der Waals surface area contributed by atoms with Gasteiger partial charge in [0.1, 0.15) is 11.5 Å². The zero-order chi connectivity index (χ0) is 22.2. The first-order valence-corrected chi connectivity index (χ1v) is 9.91. The zero-order valence-corrected chi connectivity index (χ0v) is 18.0. The molecule has 0 radical (unpaired) electrons. The Hall–Kier alpha value is -3.00. The van der Waals surface area contributed by atoms with Gasteiger partial charge in [0, 0.05) is 30.9 Å². The maximum Gasteiger partial charge on any atom is 0.332 e. The van der Waals surface area contributed by atoms with E-state index in [4.69, 9.17) is 11.6 Å². The number of hydrogen-bond acceptors (Lipinski definition) is 4. The van der Waals surface area contributed by atoms with E-state index >= 15 is 0 Å². The lowest BCUT2D eigenvalue weighted by molar-refractivity contribution is 0.0774. The van der Waals surface area contributed by atoms with Crippen molar-refractivity contribution in [2.45, 2.75) is 27.3 Å². The van der Waals surface area contributed by atoms with E-state index in [2.05, 4.69) is 4.98 Å². The minimum absolute atomic E-state index is 0.0674. The van der Waals surface area contributed by atoms with Crippen molar-refractivity contribution >= 4 is 28.5 Å². The Morgan fingerprint density at radius 2 is 1.87 bits per heavy atom. The molecule has 3 aromatic rings. The summed E-state index contributed by atoms with van der Waals surface area (Å²) in [6.45, 7) is 6.19. The zero-order valence-electron chi connectivity index (χ0n) is 17.2. The average molecular weight is 433 g/mol. The molecule has 2 heterocycles. The second-order valence-corrected chi connectivity index (χ2v) is 7.36. The highest BCUT2D eigenvalue weighted by Gasteiger charge is 2.23. The van der Waals surface area contributed by atoms with E-state index in [1.807, 2.05) is 13.8 Å². The van der Waals surface area contributed by atoms with Crippen LogP contribution < -0.4 is 11.2 Å². The lowest BCUT2D eigenvalue weighted by Crippen LogP contribution is -2.41. The van der Waals surface area contributed by atoms with Gasteiger partial charge in [-0.2, -0.15) is 0 Å². The third-order valence-corrected chi connectivity index (χ3v) is 5.40. The van der Waals surface area contributed by atoms with Gasteiger partial charge < -0.3 is 4.90 Å². The van der Waals surface area contributed by atoms with E-state index in [1.165, 1.54) is 23.7 Å². The Balaban J connectivity index is 2.32. The van der Waals surface area contributed by atoms with E-state index in [0.717, 1.165) is 10.6 Å². The molecule has 0 spiro atoms. The molecule has 0 N–H and O–H groups in total. The molecule has 7 nitrogen and oxygen atoms in total. The topological polar surface area (TPSA) is 77.2 Å². The van der Waals surface area contributed by atoms with E-state index in [1.54, 1.807) is 17.9 Å². The maximum atomic E-state index is 13.4. The summed E-state index contributed by atoms with van der Waals surface area (Å²) < 4.78 is 15.6. The molecule has 0 saturated carbocycles. The molecule has 9 heteroatoms. The maximum absolute atomic E-state index is 13.4. The summed E-state index contributed by atoms with van der Waals surface area (Å²) in [6.07, 6.45) is 0. The monoisotopic (exact) mass is 432 g/mol. The lowest BCUT2D eigenvalue weighted by Gasteiger charge is -2.20. The van der Waals surface area contributed by atoms with Gasteiger partial charge in [-0.25, -0.2) is 14.2 Å². The van der Waals surface area contributed by atoms with Crippen LogP contribution in [-0.4, -0.2) is 38.0 Å². The van der Waals surface area contributed by atoms with Gasteiger partial charge in [0.05, 0.1) is 17.5 Å². The van der Waals surface area contributed by atoms with E-state index in [9.17, 15) is 18.8 Å². The number of nitrogens with zero attached hydrogens (tertiary/aromatic N) is 4. The van der Waals surface area contributed by atoms with Gasteiger partial charge in [-0.3, -0.25) is 18.7 Å². The predicted molar refractivity (Wildman–Crippen MR) is 114 cm³/mol. The summed E-state index contributed by atoms with van der Waals surface area (Å²) in [4.78, 5) is 45.3. The first kappa shape index (κ1) is 21.7. The summed E-state index contributed by atoms with van der Waals surface area (Å²) in [5.74, 6) is -0.827. The normalized spacial score (nSPS) is 11.1. The van der Waals surface area contributed by atoms with E-state index < -0.39 is 17.1 Å². The molecule has 0 unspecified atom stereocenters. The molecule has 0 bridgehead atoms. The van der Waals surface area contributed by atoms with Gasteiger partial charge in [-0.1, -0.05) is 17.7 Å². The molecule has 1 aromatic carbocycles. The molecule has 30 heavy (non-hydrogen) atoms. The number of fused-ring (bicyclic) bond motifs is 1. The van der Waals surface area contributed by atoms with Crippen LogP contribution in [0.15, 0.2) is 33.9 Å². The van der Waals surface area contributed by atoms with Crippen LogP contribution >= 0.6 is 11.6 Å². The molecule has 1 amide bonds. The molecule has 158 valence electrons. The summed E-state index contributed by atoms with van der Waals surface area (Å²) in [7, 11) is 1.49. The van der Waals surface area contributed by atoms with Crippen LogP contribution in [-0.2, 0) is 13.6 Å². The Morgan fingerprint density at radius 3 is 2.47 bits per heavy atom. The van der Waals surface area contributed by atoms with Crippen molar-refractivity contribution in [3.8, 4) is 0 Å². The van der Waals surface area contributed by atoms with Crippen LogP contribution in [0, 0.1) is 12.7 Å². The van der Waals surface area contributed by atoms with Gasteiger partial charge in [-0.05, 0) is 44.5 Å². The molecule has 0 saturated heterocycles. The number of amides is 1. The van der Waals surface area contributed by atoms with Crippen molar-refractivity contribution in [2.75, 3.05) is 13.1 Å². The fourth-order valence-electron chi connectivity index (χ4n) is 3.41. The Labute approximate surface area is 177 Å².